The van der Waals surface area contributed by atoms with Gasteiger partial charge in [0.05, 0.1) is 44.1 Å². The van der Waals surface area contributed by atoms with Crippen molar-refractivity contribution >= 4 is 5.97 Å². The number of rotatable bonds is 11. The van der Waals surface area contributed by atoms with Crippen LogP contribution in [0.2, 0.25) is 0 Å². The van der Waals surface area contributed by atoms with E-state index >= 15 is 4.79 Å². The molecular weight excluding hydrogens is 989 g/mol. The van der Waals surface area contributed by atoms with Crippen molar-refractivity contribution in [2.45, 2.75) is 235 Å². The average Bonchev–Trinajstić information content (AvgIpc) is 3.37. The Balaban J connectivity index is 0.931. The summed E-state index contributed by atoms with van der Waals surface area (Å²) in [4.78, 5) is 15.1. The summed E-state index contributed by atoms with van der Waals surface area (Å²) in [6, 6.07) is 0. The minimum Gasteiger partial charge on any atom is -0.432 e. The summed E-state index contributed by atoms with van der Waals surface area (Å²) in [5, 5.41) is 139. The lowest BCUT2D eigenvalue weighted by molar-refractivity contribution is -0.365. The second-order valence-electron chi connectivity index (χ2n) is 25.7. The molecule has 0 aromatic heterocycles. The van der Waals surface area contributed by atoms with Crippen LogP contribution >= 0.6 is 0 Å². The zero-order valence-corrected chi connectivity index (χ0v) is 44.2. The maximum absolute atomic E-state index is 15.1. The summed E-state index contributed by atoms with van der Waals surface area (Å²) in [5.41, 5.74) is -1.70. The maximum Gasteiger partial charge on any atom is 0.315 e. The highest BCUT2D eigenvalue weighted by molar-refractivity contribution is 5.79. The van der Waals surface area contributed by atoms with Gasteiger partial charge in [0.15, 0.2) is 18.9 Å². The molecule has 0 aromatic carbocycles. The molecule has 8 fully saturated rings. The van der Waals surface area contributed by atoms with Crippen molar-refractivity contribution in [1.82, 2.24) is 0 Å². The first kappa shape index (κ1) is 58.1. The molecule has 0 bridgehead atoms. The molecule has 9 rings (SSSR count). The lowest BCUT2D eigenvalue weighted by Crippen LogP contribution is -2.67. The molecule has 22 nitrogen and oxygen atoms in total. The van der Waals surface area contributed by atoms with E-state index in [9.17, 15) is 66.4 Å². The third-order valence-electron chi connectivity index (χ3n) is 21.1. The first-order chi connectivity index (χ1) is 35.1. The molecule has 430 valence electrons. The highest BCUT2D eigenvalue weighted by Gasteiger charge is 2.71. The molecule has 0 spiro atoms. The van der Waals surface area contributed by atoms with Crippen LogP contribution in [-0.2, 0) is 42.7 Å². The molecule has 5 aliphatic carbocycles. The molecule has 0 aromatic rings. The highest BCUT2D eigenvalue weighted by atomic mass is 16.8. The van der Waals surface area contributed by atoms with Gasteiger partial charge in [0.1, 0.15) is 85.5 Å². The molecular formula is C53H86O22. The maximum atomic E-state index is 15.1. The Kier molecular flexibility index (Phi) is 16.3. The molecule has 0 unspecified atom stereocenters. The van der Waals surface area contributed by atoms with Crippen molar-refractivity contribution in [3.05, 3.63) is 11.6 Å². The van der Waals surface area contributed by atoms with E-state index in [1.54, 1.807) is 0 Å². The van der Waals surface area contributed by atoms with Gasteiger partial charge in [-0.25, -0.2) is 0 Å². The zero-order valence-electron chi connectivity index (χ0n) is 44.2. The second-order valence-corrected chi connectivity index (χ2v) is 25.7. The zero-order chi connectivity index (χ0) is 54.7. The fourth-order valence-corrected chi connectivity index (χ4v) is 16.1. The Labute approximate surface area is 437 Å². The lowest BCUT2D eigenvalue weighted by Gasteiger charge is -2.71. The fourth-order valence-electron chi connectivity index (χ4n) is 16.1. The molecule has 4 aliphatic heterocycles. The number of allylic oxidation sites excluding steroid dienone is 2. The summed E-state index contributed by atoms with van der Waals surface area (Å²) in [6.07, 6.45) is -20.8. The van der Waals surface area contributed by atoms with Crippen molar-refractivity contribution < 1.29 is 109 Å². The number of hydrogen-bond donors (Lipinski definition) is 13. The molecule has 75 heavy (non-hydrogen) atoms. The van der Waals surface area contributed by atoms with E-state index in [1.165, 1.54) is 12.5 Å². The first-order valence-corrected chi connectivity index (χ1v) is 27.3. The molecule has 13 N–H and O–H groups in total. The van der Waals surface area contributed by atoms with Crippen LogP contribution in [0.5, 0.6) is 0 Å². The molecule has 4 saturated carbocycles. The van der Waals surface area contributed by atoms with Crippen LogP contribution in [0, 0.1) is 50.2 Å². The standard InChI is InChI=1S/C53H86O22/c1-23-32(57)36(61)40(65)44(70-23)74-42-33(58)26(56)20-68-46(42)73-31-11-12-49(4)29(50(31,5)22-55)10-13-52(7)30(49)9-8-24-25-18-48(2,3)14-16-53(25,17-15-51(24,52)6)47(67)75-45-41(66)38(63)35(60)28(72-45)21-69-43-39(64)37(62)34(59)27(19-54)71-43/h8,23,25-46,54-66H,9-22H2,1-7H3/t23-,25-,26+,27+,28+,29-,30+,31-,32-,33-,34+,35+,36+,37-,38-,39-,40-,41-,42+,43+,44-,45-,46-,49-,50-,51+,52+,53-/m0/s1. The lowest BCUT2D eigenvalue weighted by atomic mass is 9.33. The minimum atomic E-state index is -1.84. The molecule has 22 heteroatoms. The Morgan fingerprint density at radius 1 is 0.640 bits per heavy atom. The molecule has 28 atom stereocenters. The predicted molar refractivity (Wildman–Crippen MR) is 257 cm³/mol. The Bertz CT molecular complexity index is 2060. The van der Waals surface area contributed by atoms with Gasteiger partial charge >= 0.3 is 5.97 Å². The van der Waals surface area contributed by atoms with Crippen LogP contribution in [0.3, 0.4) is 0 Å². The van der Waals surface area contributed by atoms with Gasteiger partial charge in [0, 0.05) is 5.41 Å². The van der Waals surface area contributed by atoms with E-state index in [1.807, 2.05) is 6.92 Å². The number of aliphatic hydroxyl groups is 13. The number of fused-ring (bicyclic) bond motifs is 7. The third-order valence-corrected chi connectivity index (χ3v) is 21.1. The summed E-state index contributed by atoms with van der Waals surface area (Å²) in [5.74, 6) is -0.732. The van der Waals surface area contributed by atoms with Gasteiger partial charge in [-0.15, -0.1) is 0 Å². The molecule has 0 amide bonds. The summed E-state index contributed by atoms with van der Waals surface area (Å²) in [7, 11) is 0. The van der Waals surface area contributed by atoms with E-state index in [0.717, 1.165) is 25.7 Å². The van der Waals surface area contributed by atoms with E-state index < -0.39 is 153 Å². The average molecular weight is 1080 g/mol. The van der Waals surface area contributed by atoms with Crippen LogP contribution in [0.4, 0.5) is 0 Å². The minimum absolute atomic E-state index is 0.0432. The smallest absolute Gasteiger partial charge is 0.315 e. The number of carbonyl (C=O) groups excluding carboxylic acids is 1. The number of esters is 1. The number of carbonyl (C=O) groups is 1. The summed E-state index contributed by atoms with van der Waals surface area (Å²) in [6.45, 7) is 13.2. The molecule has 4 saturated heterocycles. The van der Waals surface area contributed by atoms with Crippen molar-refractivity contribution in [3.8, 4) is 0 Å². The van der Waals surface area contributed by atoms with Gasteiger partial charge in [0.25, 0.3) is 0 Å². The van der Waals surface area contributed by atoms with Crippen molar-refractivity contribution in [1.29, 1.82) is 0 Å². The van der Waals surface area contributed by atoms with Gasteiger partial charge < -0.3 is 104 Å². The Hall–Kier alpha value is -1.59. The second kappa shape index (κ2) is 21.1. The molecule has 4 heterocycles. The number of hydrogen-bond acceptors (Lipinski definition) is 22. The molecule has 0 radical (unpaired) electrons. The van der Waals surface area contributed by atoms with Crippen molar-refractivity contribution in [3.63, 3.8) is 0 Å². The van der Waals surface area contributed by atoms with Crippen LogP contribution in [-0.4, -0.2) is 222 Å². The number of ether oxygens (including phenoxy) is 8. The van der Waals surface area contributed by atoms with E-state index in [0.29, 0.717) is 38.5 Å². The summed E-state index contributed by atoms with van der Waals surface area (Å²) < 4.78 is 47.6. The van der Waals surface area contributed by atoms with Gasteiger partial charge in [-0.3, -0.25) is 4.79 Å². The third kappa shape index (κ3) is 9.50. The van der Waals surface area contributed by atoms with Crippen LogP contribution < -0.4 is 0 Å². The topological polar surface area (TPSA) is 354 Å². The van der Waals surface area contributed by atoms with Gasteiger partial charge in [0.2, 0.25) is 6.29 Å². The summed E-state index contributed by atoms with van der Waals surface area (Å²) >= 11 is 0. The van der Waals surface area contributed by atoms with Crippen LogP contribution in [0.25, 0.3) is 0 Å². The van der Waals surface area contributed by atoms with Crippen molar-refractivity contribution in [2.24, 2.45) is 50.2 Å². The quantitative estimate of drug-likeness (QED) is 0.0643. The van der Waals surface area contributed by atoms with Crippen molar-refractivity contribution in [2.75, 3.05) is 26.4 Å². The molecule has 9 aliphatic rings. The normalized spacial score (nSPS) is 54.8. The van der Waals surface area contributed by atoms with Crippen LogP contribution in [0.15, 0.2) is 11.6 Å². The van der Waals surface area contributed by atoms with E-state index in [-0.39, 0.29) is 52.6 Å². The van der Waals surface area contributed by atoms with Crippen LogP contribution in [0.1, 0.15) is 113 Å². The Morgan fingerprint density at radius 3 is 1.95 bits per heavy atom. The predicted octanol–water partition coefficient (Wildman–Crippen LogP) is -1.40. The number of aliphatic hydroxyl groups excluding tert-OH is 13. The SMILES string of the molecule is C[C@@H]1O[C@@H](O[C@H]2[C@H](O[C@H]3CC[C@@]4(C)[C@H](CC[C@]5(C)[C@@H]4CC=C4[C@@H]6CC(C)(C)CC[C@]6(C(=O)O[C@@H]6O[C@H](CO[C@@H]7O[C@H](CO)[C@@H](O)[C@H](O)[C@@H]7O)[C@@H](O)[C@H](O)[C@@H]6O)CC[C@]45C)[C@]3(C)CO)OC[C@@H](O)[C@@H]2O)[C@@H](O)[C@H](O)[C@H]1O. The highest BCUT2D eigenvalue weighted by Crippen LogP contribution is 2.76. The van der Waals surface area contributed by atoms with Gasteiger partial charge in [-0.05, 0) is 111 Å². The van der Waals surface area contributed by atoms with E-state index in [2.05, 4.69) is 40.7 Å². The Morgan fingerprint density at radius 2 is 1.27 bits per heavy atom. The van der Waals surface area contributed by atoms with Gasteiger partial charge in [-0.2, -0.15) is 0 Å². The first-order valence-electron chi connectivity index (χ1n) is 27.3. The van der Waals surface area contributed by atoms with E-state index in [4.69, 9.17) is 37.9 Å². The monoisotopic (exact) mass is 1070 g/mol. The fraction of sp³-hybridized carbons (Fsp3) is 0.943. The largest absolute Gasteiger partial charge is 0.432 e. The van der Waals surface area contributed by atoms with Gasteiger partial charge in [-0.1, -0.05) is 53.2 Å².